The molecule has 1 aromatic heterocycles. The predicted molar refractivity (Wildman–Crippen MR) is 143 cm³/mol. The van der Waals surface area contributed by atoms with Gasteiger partial charge in [-0.2, -0.15) is 0 Å². The van der Waals surface area contributed by atoms with E-state index < -0.39 is 0 Å². The number of unbranched alkanes of at least 4 members (excludes halogenated alkanes) is 2. The number of hydrogen-bond donors (Lipinski definition) is 0. The zero-order chi connectivity index (χ0) is 24.2. The average molecular weight is 461 g/mol. The Bertz CT molecular complexity index is 970. The molecule has 3 aromatic rings. The van der Waals surface area contributed by atoms with Crippen LogP contribution in [0.4, 0.5) is 5.69 Å². The maximum absolute atomic E-state index is 5.59. The van der Waals surface area contributed by atoms with Crippen LogP contribution in [0.5, 0.6) is 11.5 Å². The van der Waals surface area contributed by atoms with Crippen LogP contribution in [0.3, 0.4) is 0 Å². The van der Waals surface area contributed by atoms with Gasteiger partial charge in [0.25, 0.3) is 0 Å². The average Bonchev–Trinajstić information content (AvgIpc) is 2.88. The summed E-state index contributed by atoms with van der Waals surface area (Å²) in [4.78, 5) is 7.23. The first-order chi connectivity index (χ1) is 16.7. The van der Waals surface area contributed by atoms with Gasteiger partial charge in [-0.3, -0.25) is 4.98 Å². The third-order valence-corrected chi connectivity index (χ3v) is 6.25. The molecule has 0 saturated carbocycles. The highest BCUT2D eigenvalue weighted by Gasteiger charge is 2.19. The molecule has 182 valence electrons. The Labute approximate surface area is 205 Å². The Hall–Kier alpha value is -3.01. The van der Waals surface area contributed by atoms with E-state index in [9.17, 15) is 0 Å². The summed E-state index contributed by atoms with van der Waals surface area (Å²) in [6.07, 6.45) is 9.31. The third kappa shape index (κ3) is 7.24. The maximum atomic E-state index is 5.59. The van der Waals surface area contributed by atoms with Crippen molar-refractivity contribution in [3.8, 4) is 22.8 Å². The first-order valence-corrected chi connectivity index (χ1v) is 12.8. The molecule has 1 unspecified atom stereocenters. The van der Waals surface area contributed by atoms with Crippen LogP contribution in [-0.4, -0.2) is 24.7 Å². The lowest BCUT2D eigenvalue weighted by molar-refractivity contribution is 0.340. The molecular weight excluding hydrogens is 420 g/mol. The van der Waals surface area contributed by atoms with Crippen molar-refractivity contribution in [3.05, 3.63) is 72.4 Å². The number of anilines is 1. The van der Waals surface area contributed by atoms with Gasteiger partial charge in [-0.05, 0) is 86.0 Å². The maximum Gasteiger partial charge on any atom is 0.119 e. The van der Waals surface area contributed by atoms with Crippen molar-refractivity contribution in [1.82, 2.24) is 4.98 Å². The van der Waals surface area contributed by atoms with Gasteiger partial charge in [0.15, 0.2) is 0 Å². The summed E-state index contributed by atoms with van der Waals surface area (Å²) < 4.78 is 11.0. The van der Waals surface area contributed by atoms with Crippen LogP contribution in [0.25, 0.3) is 11.3 Å². The van der Waals surface area contributed by atoms with Gasteiger partial charge in [0, 0.05) is 30.0 Å². The lowest BCUT2D eigenvalue weighted by atomic mass is 10.00. The van der Waals surface area contributed by atoms with E-state index in [1.54, 1.807) is 7.11 Å². The normalized spacial score (nSPS) is 11.8. The highest BCUT2D eigenvalue weighted by Crippen LogP contribution is 2.29. The van der Waals surface area contributed by atoms with Crippen LogP contribution in [0, 0.1) is 0 Å². The Morgan fingerprint density at radius 1 is 0.824 bits per heavy atom. The van der Waals surface area contributed by atoms with E-state index in [4.69, 9.17) is 9.47 Å². The Kier molecular flexibility index (Phi) is 10.3. The van der Waals surface area contributed by atoms with E-state index in [0.29, 0.717) is 12.6 Å². The van der Waals surface area contributed by atoms with Gasteiger partial charge in [0.05, 0.1) is 19.4 Å². The summed E-state index contributed by atoms with van der Waals surface area (Å²) in [6.45, 7) is 8.09. The molecule has 1 atom stereocenters. The number of benzene rings is 2. The van der Waals surface area contributed by atoms with Crippen molar-refractivity contribution < 1.29 is 9.47 Å². The molecule has 0 bridgehead atoms. The first kappa shape index (κ1) is 25.6. The van der Waals surface area contributed by atoms with Gasteiger partial charge in [-0.15, -0.1) is 0 Å². The summed E-state index contributed by atoms with van der Waals surface area (Å²) in [5.41, 5.74) is 4.61. The van der Waals surface area contributed by atoms with E-state index >= 15 is 0 Å². The molecule has 0 spiro atoms. The molecule has 34 heavy (non-hydrogen) atoms. The van der Waals surface area contributed by atoms with Crippen molar-refractivity contribution in [2.24, 2.45) is 0 Å². The molecule has 0 N–H and O–H groups in total. The quantitative estimate of drug-likeness (QED) is 0.229. The Balaban J connectivity index is 1.87. The number of methoxy groups -OCH3 is 1. The van der Waals surface area contributed by atoms with E-state index in [2.05, 4.69) is 72.3 Å². The Morgan fingerprint density at radius 3 is 2.21 bits per heavy atom. The molecule has 4 heteroatoms. The van der Waals surface area contributed by atoms with E-state index in [1.165, 1.54) is 49.8 Å². The molecule has 4 nitrogen and oxygen atoms in total. The largest absolute Gasteiger partial charge is 0.497 e. The number of rotatable bonds is 14. The number of pyridine rings is 1. The number of hydrogen-bond acceptors (Lipinski definition) is 4. The minimum atomic E-state index is 0.507. The SMILES string of the molecule is CCCCCC(CCC)N(Cc1ccnc(-c2ccc(OCC)cc2)c1)c1ccc(OC)cc1. The zero-order valence-corrected chi connectivity index (χ0v) is 21.3. The fraction of sp³-hybridized carbons (Fsp3) is 0.433. The standard InChI is InChI=1S/C30H40N2O2/c1-5-8-9-11-26(10-6-2)32(27-14-18-28(33-4)19-15-27)23-24-20-21-31-30(22-24)25-12-16-29(17-13-25)34-7-3/h12-22,26H,5-11,23H2,1-4H3. The molecule has 0 aliphatic carbocycles. The highest BCUT2D eigenvalue weighted by molar-refractivity contribution is 5.61. The fourth-order valence-corrected chi connectivity index (χ4v) is 4.44. The second-order valence-electron chi connectivity index (χ2n) is 8.77. The summed E-state index contributed by atoms with van der Waals surface area (Å²) in [5.74, 6) is 1.78. The van der Waals surface area contributed by atoms with Crippen molar-refractivity contribution in [3.63, 3.8) is 0 Å². The number of aromatic nitrogens is 1. The molecule has 1 heterocycles. The lowest BCUT2D eigenvalue weighted by Gasteiger charge is -2.34. The van der Waals surface area contributed by atoms with Gasteiger partial charge in [0.1, 0.15) is 11.5 Å². The lowest BCUT2D eigenvalue weighted by Crippen LogP contribution is -2.35. The van der Waals surface area contributed by atoms with E-state index in [1.807, 2.05) is 25.3 Å². The molecular formula is C30H40N2O2. The molecule has 0 amide bonds. The molecule has 3 rings (SSSR count). The number of nitrogens with zero attached hydrogens (tertiary/aromatic N) is 2. The van der Waals surface area contributed by atoms with Crippen molar-refractivity contribution in [2.75, 3.05) is 18.6 Å². The van der Waals surface area contributed by atoms with Crippen LogP contribution >= 0.6 is 0 Å². The fourth-order valence-electron chi connectivity index (χ4n) is 4.44. The summed E-state index contributed by atoms with van der Waals surface area (Å²) in [5, 5.41) is 0. The first-order valence-electron chi connectivity index (χ1n) is 12.8. The minimum Gasteiger partial charge on any atom is -0.497 e. The second kappa shape index (κ2) is 13.6. The third-order valence-electron chi connectivity index (χ3n) is 6.25. The summed E-state index contributed by atoms with van der Waals surface area (Å²) in [7, 11) is 1.72. The van der Waals surface area contributed by atoms with Gasteiger partial charge in [-0.1, -0.05) is 39.5 Å². The molecule has 0 radical (unpaired) electrons. The van der Waals surface area contributed by atoms with Gasteiger partial charge < -0.3 is 14.4 Å². The molecule has 2 aromatic carbocycles. The summed E-state index contributed by atoms with van der Waals surface area (Å²) >= 11 is 0. The van der Waals surface area contributed by atoms with Crippen LogP contribution in [0.15, 0.2) is 66.9 Å². The molecule has 0 aliphatic rings. The number of ether oxygens (including phenoxy) is 2. The van der Waals surface area contributed by atoms with Crippen molar-refractivity contribution in [1.29, 1.82) is 0 Å². The van der Waals surface area contributed by atoms with Crippen molar-refractivity contribution in [2.45, 2.75) is 71.9 Å². The summed E-state index contributed by atoms with van der Waals surface area (Å²) in [6, 6.07) is 21.6. The van der Waals surface area contributed by atoms with Gasteiger partial charge in [-0.25, -0.2) is 0 Å². The van der Waals surface area contributed by atoms with Crippen LogP contribution in [0.1, 0.15) is 64.9 Å². The monoisotopic (exact) mass is 460 g/mol. The molecule has 0 saturated heterocycles. The highest BCUT2D eigenvalue weighted by atomic mass is 16.5. The predicted octanol–water partition coefficient (Wildman–Crippen LogP) is 7.91. The second-order valence-corrected chi connectivity index (χ2v) is 8.77. The zero-order valence-electron chi connectivity index (χ0n) is 21.3. The van der Waals surface area contributed by atoms with Crippen LogP contribution in [0.2, 0.25) is 0 Å². The molecule has 0 fully saturated rings. The smallest absolute Gasteiger partial charge is 0.119 e. The van der Waals surface area contributed by atoms with Crippen molar-refractivity contribution >= 4 is 5.69 Å². The van der Waals surface area contributed by atoms with Gasteiger partial charge in [0.2, 0.25) is 0 Å². The van der Waals surface area contributed by atoms with Crippen LogP contribution < -0.4 is 14.4 Å². The molecule has 0 aliphatic heterocycles. The van der Waals surface area contributed by atoms with Gasteiger partial charge >= 0.3 is 0 Å². The van der Waals surface area contributed by atoms with Crippen LogP contribution in [-0.2, 0) is 6.54 Å². The van der Waals surface area contributed by atoms with E-state index in [-0.39, 0.29) is 0 Å². The Morgan fingerprint density at radius 2 is 1.56 bits per heavy atom. The minimum absolute atomic E-state index is 0.507. The topological polar surface area (TPSA) is 34.6 Å². The van der Waals surface area contributed by atoms with E-state index in [0.717, 1.165) is 29.3 Å².